The van der Waals surface area contributed by atoms with Gasteiger partial charge in [0.05, 0.1) is 24.3 Å². The van der Waals surface area contributed by atoms with Crippen LogP contribution in [-0.2, 0) is 17.9 Å². The van der Waals surface area contributed by atoms with Crippen molar-refractivity contribution in [3.8, 4) is 0 Å². The van der Waals surface area contributed by atoms with Gasteiger partial charge in [0.2, 0.25) is 0 Å². The molecule has 0 aliphatic heterocycles. The minimum atomic E-state index is -0.479. The lowest BCUT2D eigenvalue weighted by atomic mass is 10.2. The molecule has 2 rings (SSSR count). The molecule has 5 heteroatoms. The Morgan fingerprint density at radius 2 is 2.10 bits per heavy atom. The summed E-state index contributed by atoms with van der Waals surface area (Å²) in [6.07, 6.45) is 1.42. The SMILES string of the molecule is Cc1ncc(CN(C)C[C@@H](O)COCc2ccccc2)s1. The predicted octanol–water partition coefficient (Wildman–Crippen LogP) is 2.46. The maximum atomic E-state index is 10.0. The summed E-state index contributed by atoms with van der Waals surface area (Å²) in [6, 6.07) is 9.99. The van der Waals surface area contributed by atoms with Gasteiger partial charge >= 0.3 is 0 Å². The molecule has 114 valence electrons. The van der Waals surface area contributed by atoms with E-state index in [4.69, 9.17) is 4.74 Å². The summed E-state index contributed by atoms with van der Waals surface area (Å²) in [6.45, 7) is 4.28. The summed E-state index contributed by atoms with van der Waals surface area (Å²) in [5, 5.41) is 11.1. The number of nitrogens with zero attached hydrogens (tertiary/aromatic N) is 2. The zero-order valence-electron chi connectivity index (χ0n) is 12.5. The van der Waals surface area contributed by atoms with E-state index < -0.39 is 6.10 Å². The molecule has 0 unspecified atom stereocenters. The molecule has 0 saturated heterocycles. The summed E-state index contributed by atoms with van der Waals surface area (Å²) in [4.78, 5) is 7.54. The van der Waals surface area contributed by atoms with E-state index in [0.717, 1.165) is 17.1 Å². The maximum Gasteiger partial charge on any atom is 0.0900 e. The number of aryl methyl sites for hydroxylation is 1. The smallest absolute Gasteiger partial charge is 0.0900 e. The van der Waals surface area contributed by atoms with E-state index in [1.807, 2.05) is 50.5 Å². The summed E-state index contributed by atoms with van der Waals surface area (Å²) >= 11 is 1.69. The normalized spacial score (nSPS) is 12.8. The van der Waals surface area contributed by atoms with Crippen molar-refractivity contribution >= 4 is 11.3 Å². The molecule has 2 aromatic rings. The third-order valence-electron chi connectivity index (χ3n) is 3.04. The molecule has 0 aliphatic carbocycles. The Balaban J connectivity index is 1.65. The van der Waals surface area contributed by atoms with Crippen molar-refractivity contribution in [3.63, 3.8) is 0 Å². The van der Waals surface area contributed by atoms with Gasteiger partial charge < -0.3 is 9.84 Å². The van der Waals surface area contributed by atoms with Crippen molar-refractivity contribution in [1.29, 1.82) is 0 Å². The second-order valence-electron chi connectivity index (χ2n) is 5.20. The maximum absolute atomic E-state index is 10.0. The van der Waals surface area contributed by atoms with Gasteiger partial charge in [-0.15, -0.1) is 11.3 Å². The van der Waals surface area contributed by atoms with Gasteiger partial charge in [-0.2, -0.15) is 0 Å². The highest BCUT2D eigenvalue weighted by atomic mass is 32.1. The fourth-order valence-electron chi connectivity index (χ4n) is 2.11. The largest absolute Gasteiger partial charge is 0.389 e. The molecular formula is C16H22N2O2S. The van der Waals surface area contributed by atoms with Gasteiger partial charge in [0, 0.05) is 24.2 Å². The molecule has 0 aliphatic rings. The number of aliphatic hydroxyl groups is 1. The highest BCUT2D eigenvalue weighted by Crippen LogP contribution is 2.13. The zero-order chi connectivity index (χ0) is 15.1. The molecule has 0 spiro atoms. The van der Waals surface area contributed by atoms with Crippen molar-refractivity contribution in [1.82, 2.24) is 9.88 Å². The lowest BCUT2D eigenvalue weighted by Gasteiger charge is -2.19. The summed E-state index contributed by atoms with van der Waals surface area (Å²) < 4.78 is 5.55. The van der Waals surface area contributed by atoms with Crippen molar-refractivity contribution in [2.75, 3.05) is 20.2 Å². The van der Waals surface area contributed by atoms with E-state index in [0.29, 0.717) is 19.8 Å². The number of benzene rings is 1. The average molecular weight is 306 g/mol. The molecule has 0 bridgehead atoms. The van der Waals surface area contributed by atoms with E-state index in [2.05, 4.69) is 9.88 Å². The Bertz CT molecular complexity index is 530. The third-order valence-corrected chi connectivity index (χ3v) is 3.94. The van der Waals surface area contributed by atoms with Crippen molar-refractivity contribution in [3.05, 3.63) is 52.0 Å². The van der Waals surface area contributed by atoms with Crippen LogP contribution >= 0.6 is 11.3 Å². The van der Waals surface area contributed by atoms with Crippen molar-refractivity contribution in [2.24, 2.45) is 0 Å². The second-order valence-corrected chi connectivity index (χ2v) is 6.52. The van der Waals surface area contributed by atoms with Crippen LogP contribution in [0.5, 0.6) is 0 Å². The highest BCUT2D eigenvalue weighted by molar-refractivity contribution is 7.11. The molecule has 0 fully saturated rings. The Morgan fingerprint density at radius 3 is 2.76 bits per heavy atom. The van der Waals surface area contributed by atoms with Gasteiger partial charge in [0.15, 0.2) is 0 Å². The number of hydrogen-bond acceptors (Lipinski definition) is 5. The number of hydrogen-bond donors (Lipinski definition) is 1. The van der Waals surface area contributed by atoms with Crippen LogP contribution in [-0.4, -0.2) is 41.3 Å². The molecule has 0 amide bonds. The Kier molecular flexibility index (Phi) is 6.32. The van der Waals surface area contributed by atoms with Crippen LogP contribution in [0.3, 0.4) is 0 Å². The highest BCUT2D eigenvalue weighted by Gasteiger charge is 2.10. The standard InChI is InChI=1S/C16H22N2O2S/c1-13-17-8-16(21-13)10-18(2)9-15(19)12-20-11-14-6-4-3-5-7-14/h3-8,15,19H,9-12H2,1-2H3/t15-/m1/s1. The molecule has 1 aromatic carbocycles. The molecule has 1 N–H and O–H groups in total. The minimum absolute atomic E-state index is 0.348. The van der Waals surface area contributed by atoms with Crippen molar-refractivity contribution in [2.45, 2.75) is 26.2 Å². The molecule has 0 radical (unpaired) electrons. The zero-order valence-corrected chi connectivity index (χ0v) is 13.3. The van der Waals surface area contributed by atoms with E-state index in [1.165, 1.54) is 4.88 Å². The second kappa shape index (κ2) is 8.24. The topological polar surface area (TPSA) is 45.6 Å². The number of aliphatic hydroxyl groups excluding tert-OH is 1. The number of thiazole rings is 1. The molecular weight excluding hydrogens is 284 g/mol. The van der Waals surface area contributed by atoms with Crippen LogP contribution in [0.2, 0.25) is 0 Å². The fourth-order valence-corrected chi connectivity index (χ4v) is 2.98. The number of rotatable bonds is 8. The van der Waals surface area contributed by atoms with Crippen LogP contribution in [0.15, 0.2) is 36.5 Å². The van der Waals surface area contributed by atoms with Gasteiger partial charge in [-0.25, -0.2) is 4.98 Å². The molecule has 4 nitrogen and oxygen atoms in total. The number of likely N-dealkylation sites (N-methyl/N-ethyl adjacent to an activating group) is 1. The van der Waals surface area contributed by atoms with E-state index in [9.17, 15) is 5.11 Å². The molecule has 1 atom stereocenters. The van der Waals surface area contributed by atoms with Crippen molar-refractivity contribution < 1.29 is 9.84 Å². The van der Waals surface area contributed by atoms with Crippen LogP contribution in [0.25, 0.3) is 0 Å². The van der Waals surface area contributed by atoms with Crippen LogP contribution in [0.1, 0.15) is 15.4 Å². The Morgan fingerprint density at radius 1 is 1.33 bits per heavy atom. The average Bonchev–Trinajstić information content (AvgIpc) is 2.85. The summed E-state index contributed by atoms with van der Waals surface area (Å²) in [5.74, 6) is 0. The molecule has 0 saturated carbocycles. The number of ether oxygens (including phenoxy) is 1. The minimum Gasteiger partial charge on any atom is -0.389 e. The first-order chi connectivity index (χ1) is 10.1. The fraction of sp³-hybridized carbons (Fsp3) is 0.438. The van der Waals surface area contributed by atoms with E-state index in [-0.39, 0.29) is 0 Å². The third kappa shape index (κ3) is 5.93. The Labute approximate surface area is 130 Å². The van der Waals surface area contributed by atoms with Crippen LogP contribution in [0.4, 0.5) is 0 Å². The van der Waals surface area contributed by atoms with Gasteiger partial charge in [-0.05, 0) is 19.5 Å². The monoisotopic (exact) mass is 306 g/mol. The predicted molar refractivity (Wildman–Crippen MR) is 85.3 cm³/mol. The first-order valence-electron chi connectivity index (χ1n) is 7.03. The van der Waals surface area contributed by atoms with Gasteiger partial charge in [0.25, 0.3) is 0 Å². The number of aromatic nitrogens is 1. The lowest BCUT2D eigenvalue weighted by Crippen LogP contribution is -2.31. The van der Waals surface area contributed by atoms with Crippen LogP contribution < -0.4 is 0 Å². The quantitative estimate of drug-likeness (QED) is 0.814. The van der Waals surface area contributed by atoms with Gasteiger partial charge in [-0.1, -0.05) is 30.3 Å². The lowest BCUT2D eigenvalue weighted by molar-refractivity contribution is 0.0128. The molecule has 21 heavy (non-hydrogen) atoms. The summed E-state index contributed by atoms with van der Waals surface area (Å²) in [5.41, 5.74) is 1.12. The van der Waals surface area contributed by atoms with Gasteiger partial charge in [0.1, 0.15) is 0 Å². The summed E-state index contributed by atoms with van der Waals surface area (Å²) in [7, 11) is 2.00. The van der Waals surface area contributed by atoms with E-state index >= 15 is 0 Å². The van der Waals surface area contributed by atoms with Crippen LogP contribution in [0, 0.1) is 6.92 Å². The molecule has 1 heterocycles. The molecule has 1 aromatic heterocycles. The van der Waals surface area contributed by atoms with E-state index in [1.54, 1.807) is 11.3 Å². The first kappa shape index (κ1) is 16.1. The van der Waals surface area contributed by atoms with Gasteiger partial charge in [-0.3, -0.25) is 4.90 Å². The Hall–Kier alpha value is -1.27. The first-order valence-corrected chi connectivity index (χ1v) is 7.84.